The Hall–Kier alpha value is -2.99. The highest BCUT2D eigenvalue weighted by atomic mass is 19.4. The van der Waals surface area contributed by atoms with Crippen molar-refractivity contribution in [3.63, 3.8) is 0 Å². The molecule has 1 aliphatic rings. The molecule has 1 fully saturated rings. The molecule has 12 heteroatoms. The minimum atomic E-state index is -4.37. The van der Waals surface area contributed by atoms with Gasteiger partial charge in [-0.05, 0) is 26.0 Å². The molecule has 1 saturated heterocycles. The largest absolute Gasteiger partial charge is 0.411 e. The summed E-state index contributed by atoms with van der Waals surface area (Å²) in [5.74, 6) is 1.65. The molecule has 0 bridgehead atoms. The van der Waals surface area contributed by atoms with Crippen LogP contribution in [0.3, 0.4) is 0 Å². The van der Waals surface area contributed by atoms with E-state index >= 15 is 0 Å². The molecule has 172 valence electrons. The van der Waals surface area contributed by atoms with Gasteiger partial charge in [-0.2, -0.15) is 23.3 Å². The molecule has 0 spiro atoms. The number of pyridine rings is 1. The molecule has 4 rings (SSSR count). The number of aromatic nitrogens is 5. The number of alkyl halides is 3. The number of fused-ring (bicyclic) bond motifs is 1. The van der Waals surface area contributed by atoms with Crippen LogP contribution < -0.4 is 15.5 Å². The molecule has 3 aromatic heterocycles. The van der Waals surface area contributed by atoms with Crippen LogP contribution in [-0.4, -0.2) is 69.8 Å². The molecular formula is C20H25F3N8O. The fourth-order valence-electron chi connectivity index (χ4n) is 3.62. The van der Waals surface area contributed by atoms with Gasteiger partial charge in [-0.15, -0.1) is 0 Å². The SMILES string of the molecule is Cc1nn(CCOCC(F)(F)F)c2c(Nc3ccccn3)nc(N3CCN[C@H](C)C3)nc12. The Bertz CT molecular complexity index is 1060. The molecule has 1 atom stereocenters. The van der Waals surface area contributed by atoms with Crippen molar-refractivity contribution in [2.45, 2.75) is 32.6 Å². The number of anilines is 3. The Kier molecular flexibility index (Phi) is 6.42. The topological polar surface area (TPSA) is 93.0 Å². The first-order valence-electron chi connectivity index (χ1n) is 10.4. The molecule has 4 heterocycles. The molecule has 0 saturated carbocycles. The molecule has 32 heavy (non-hydrogen) atoms. The third-order valence-electron chi connectivity index (χ3n) is 5.02. The molecule has 3 aromatic rings. The van der Waals surface area contributed by atoms with E-state index in [1.165, 1.54) is 0 Å². The predicted octanol–water partition coefficient (Wildman–Crippen LogP) is 2.65. The van der Waals surface area contributed by atoms with Gasteiger partial charge in [0.15, 0.2) is 5.82 Å². The van der Waals surface area contributed by atoms with E-state index in [1.807, 2.05) is 13.0 Å². The van der Waals surface area contributed by atoms with Gasteiger partial charge in [0, 0.05) is 31.9 Å². The van der Waals surface area contributed by atoms with Crippen LogP contribution in [0.15, 0.2) is 24.4 Å². The summed E-state index contributed by atoms with van der Waals surface area (Å²) in [5, 5.41) is 11.1. The molecule has 0 amide bonds. The van der Waals surface area contributed by atoms with Crippen molar-refractivity contribution in [3.05, 3.63) is 30.1 Å². The Labute approximate surface area is 183 Å². The molecular weight excluding hydrogens is 425 g/mol. The van der Waals surface area contributed by atoms with Gasteiger partial charge in [0.2, 0.25) is 5.95 Å². The molecule has 0 radical (unpaired) electrons. The van der Waals surface area contributed by atoms with Crippen molar-refractivity contribution in [2.75, 3.05) is 43.1 Å². The van der Waals surface area contributed by atoms with E-state index < -0.39 is 12.8 Å². The van der Waals surface area contributed by atoms with Gasteiger partial charge in [-0.1, -0.05) is 6.07 Å². The number of halogens is 3. The lowest BCUT2D eigenvalue weighted by Crippen LogP contribution is -2.49. The summed E-state index contributed by atoms with van der Waals surface area (Å²) in [7, 11) is 0. The number of hydrogen-bond acceptors (Lipinski definition) is 8. The van der Waals surface area contributed by atoms with Gasteiger partial charge in [-0.3, -0.25) is 4.68 Å². The van der Waals surface area contributed by atoms with Gasteiger partial charge in [0.1, 0.15) is 23.5 Å². The fraction of sp³-hybridized carbons (Fsp3) is 0.500. The summed E-state index contributed by atoms with van der Waals surface area (Å²) in [5.41, 5.74) is 1.89. The highest BCUT2D eigenvalue weighted by Gasteiger charge is 2.27. The third-order valence-corrected chi connectivity index (χ3v) is 5.02. The second-order valence-electron chi connectivity index (χ2n) is 7.69. The summed E-state index contributed by atoms with van der Waals surface area (Å²) < 4.78 is 43.6. The number of ether oxygens (including phenoxy) is 1. The normalized spacial score (nSPS) is 17.2. The molecule has 0 unspecified atom stereocenters. The van der Waals surface area contributed by atoms with E-state index in [0.717, 1.165) is 19.6 Å². The van der Waals surface area contributed by atoms with Gasteiger partial charge >= 0.3 is 6.18 Å². The van der Waals surface area contributed by atoms with E-state index in [4.69, 9.17) is 14.7 Å². The highest BCUT2D eigenvalue weighted by Crippen LogP contribution is 2.28. The van der Waals surface area contributed by atoms with Crippen LogP contribution in [0.1, 0.15) is 12.6 Å². The highest BCUT2D eigenvalue weighted by molar-refractivity contribution is 5.90. The van der Waals surface area contributed by atoms with Crippen LogP contribution in [0, 0.1) is 6.92 Å². The lowest BCUT2D eigenvalue weighted by molar-refractivity contribution is -0.174. The van der Waals surface area contributed by atoms with E-state index in [-0.39, 0.29) is 13.2 Å². The summed E-state index contributed by atoms with van der Waals surface area (Å²) in [6.07, 6.45) is -2.71. The van der Waals surface area contributed by atoms with Crippen molar-refractivity contribution in [2.24, 2.45) is 0 Å². The average Bonchev–Trinajstić information content (AvgIpc) is 3.07. The van der Waals surface area contributed by atoms with Crippen molar-refractivity contribution in [1.82, 2.24) is 30.0 Å². The maximum absolute atomic E-state index is 12.4. The summed E-state index contributed by atoms with van der Waals surface area (Å²) in [6, 6.07) is 5.76. The van der Waals surface area contributed by atoms with Crippen molar-refractivity contribution in [3.8, 4) is 0 Å². The van der Waals surface area contributed by atoms with Gasteiger partial charge in [0.25, 0.3) is 0 Å². The van der Waals surface area contributed by atoms with Crippen LogP contribution in [0.5, 0.6) is 0 Å². The zero-order valence-electron chi connectivity index (χ0n) is 17.9. The van der Waals surface area contributed by atoms with Crippen LogP contribution in [-0.2, 0) is 11.3 Å². The number of piperazine rings is 1. The van der Waals surface area contributed by atoms with Crippen LogP contribution in [0.2, 0.25) is 0 Å². The molecule has 0 aliphatic carbocycles. The van der Waals surface area contributed by atoms with E-state index in [2.05, 4.69) is 32.5 Å². The zero-order chi connectivity index (χ0) is 22.7. The van der Waals surface area contributed by atoms with E-state index in [1.54, 1.807) is 23.0 Å². The second-order valence-corrected chi connectivity index (χ2v) is 7.69. The summed E-state index contributed by atoms with van der Waals surface area (Å²) >= 11 is 0. The molecule has 0 aromatic carbocycles. The molecule has 1 aliphatic heterocycles. The van der Waals surface area contributed by atoms with Gasteiger partial charge in [-0.25, -0.2) is 9.97 Å². The second kappa shape index (κ2) is 9.25. The molecule has 9 nitrogen and oxygen atoms in total. The first kappa shape index (κ1) is 22.2. The lowest BCUT2D eigenvalue weighted by atomic mass is 10.2. The van der Waals surface area contributed by atoms with Crippen molar-refractivity contribution >= 4 is 28.6 Å². The number of nitrogens with zero attached hydrogens (tertiary/aromatic N) is 6. The van der Waals surface area contributed by atoms with Crippen LogP contribution in [0.25, 0.3) is 11.0 Å². The number of rotatable bonds is 7. The van der Waals surface area contributed by atoms with Crippen LogP contribution in [0.4, 0.5) is 30.8 Å². The summed E-state index contributed by atoms with van der Waals surface area (Å²) in [6.45, 7) is 4.94. The van der Waals surface area contributed by atoms with Crippen molar-refractivity contribution < 1.29 is 17.9 Å². The first-order chi connectivity index (χ1) is 15.3. The van der Waals surface area contributed by atoms with Gasteiger partial charge < -0.3 is 20.3 Å². The standard InChI is InChI=1S/C20H25F3N8O/c1-13-11-30(8-7-24-13)19-27-16-14(2)29-31(9-10-32-12-20(21,22)23)17(16)18(28-19)26-15-5-3-4-6-25-15/h3-6,13,24H,7-12H2,1-2H3,(H,25,26,27,28)/t13-/m1/s1. The van der Waals surface area contributed by atoms with E-state index in [0.29, 0.717) is 40.4 Å². The van der Waals surface area contributed by atoms with E-state index in [9.17, 15) is 13.2 Å². The average molecular weight is 450 g/mol. The number of hydrogen-bond donors (Lipinski definition) is 2. The number of aryl methyl sites for hydroxylation is 1. The lowest BCUT2D eigenvalue weighted by Gasteiger charge is -2.32. The Morgan fingerprint density at radius 2 is 2.12 bits per heavy atom. The minimum absolute atomic E-state index is 0.130. The monoisotopic (exact) mass is 450 g/mol. The number of nitrogens with one attached hydrogen (secondary N) is 2. The fourth-order valence-corrected chi connectivity index (χ4v) is 3.62. The van der Waals surface area contributed by atoms with Gasteiger partial charge in [0.05, 0.1) is 18.8 Å². The first-order valence-corrected chi connectivity index (χ1v) is 10.4. The maximum Gasteiger partial charge on any atom is 0.411 e. The summed E-state index contributed by atoms with van der Waals surface area (Å²) in [4.78, 5) is 15.9. The molecule has 2 N–H and O–H groups in total. The Balaban J connectivity index is 1.69. The Morgan fingerprint density at radius 3 is 2.84 bits per heavy atom. The zero-order valence-corrected chi connectivity index (χ0v) is 17.9. The predicted molar refractivity (Wildman–Crippen MR) is 114 cm³/mol. The third kappa shape index (κ3) is 5.25. The minimum Gasteiger partial charge on any atom is -0.370 e. The van der Waals surface area contributed by atoms with Crippen LogP contribution >= 0.6 is 0 Å². The van der Waals surface area contributed by atoms with Crippen molar-refractivity contribution in [1.29, 1.82) is 0 Å². The quantitative estimate of drug-likeness (QED) is 0.531. The smallest absolute Gasteiger partial charge is 0.370 e. The Morgan fingerprint density at radius 1 is 1.28 bits per heavy atom. The maximum atomic E-state index is 12.4.